The van der Waals surface area contributed by atoms with Crippen LogP contribution in [0, 0.1) is 0 Å². The summed E-state index contributed by atoms with van der Waals surface area (Å²) in [6, 6.07) is 11.5. The normalized spacial score (nSPS) is 17.7. The van der Waals surface area contributed by atoms with Gasteiger partial charge in [0.2, 0.25) is 11.8 Å². The lowest BCUT2D eigenvalue weighted by Gasteiger charge is -2.29. The van der Waals surface area contributed by atoms with Gasteiger partial charge in [-0.1, -0.05) is 6.07 Å². The van der Waals surface area contributed by atoms with E-state index in [1.165, 1.54) is 4.90 Å². The number of anilines is 1. The summed E-state index contributed by atoms with van der Waals surface area (Å²) in [5.74, 6) is -0.712. The number of piperidine rings is 1. The molecule has 2 aliphatic rings. The van der Waals surface area contributed by atoms with Crippen LogP contribution in [0.1, 0.15) is 39.3 Å². The first kappa shape index (κ1) is 20.6. The lowest BCUT2D eigenvalue weighted by molar-refractivity contribution is -0.136. The van der Waals surface area contributed by atoms with Gasteiger partial charge in [0.1, 0.15) is 17.5 Å². The summed E-state index contributed by atoms with van der Waals surface area (Å²) in [4.78, 5) is 54.9. The van der Waals surface area contributed by atoms with E-state index in [2.05, 4.69) is 15.6 Å². The summed E-state index contributed by atoms with van der Waals surface area (Å²) in [5, 5.41) is 6.82. The summed E-state index contributed by atoms with van der Waals surface area (Å²) >= 11 is 0. The van der Waals surface area contributed by atoms with Crippen molar-refractivity contribution in [3.63, 3.8) is 0 Å². The highest BCUT2D eigenvalue weighted by atomic mass is 16.5. The molecule has 1 atom stereocenters. The molecule has 5 rings (SSSR count). The molecule has 2 N–H and O–H groups in total. The fraction of sp³-hybridized carbons (Fsp3) is 0.208. The predicted octanol–water partition coefficient (Wildman–Crippen LogP) is 2.26. The molecule has 3 aromatic rings. The van der Waals surface area contributed by atoms with Crippen molar-refractivity contribution in [2.24, 2.45) is 0 Å². The Morgan fingerprint density at radius 1 is 1.12 bits per heavy atom. The van der Waals surface area contributed by atoms with E-state index >= 15 is 0 Å². The number of methoxy groups -OCH3 is 1. The maximum absolute atomic E-state index is 12.8. The second-order valence-electron chi connectivity index (χ2n) is 8.01. The highest BCUT2D eigenvalue weighted by Crippen LogP contribution is 2.29. The number of aromatic nitrogens is 1. The number of rotatable bonds is 4. The second kappa shape index (κ2) is 8.01. The number of ether oxygens (including phenoxy) is 1. The van der Waals surface area contributed by atoms with Gasteiger partial charge in [-0.25, -0.2) is 0 Å². The van der Waals surface area contributed by atoms with Crippen LogP contribution in [0.2, 0.25) is 0 Å². The number of fused-ring (bicyclic) bond motifs is 2. The number of pyridine rings is 1. The van der Waals surface area contributed by atoms with Crippen LogP contribution in [0.3, 0.4) is 0 Å². The molecular weight excluding hydrogens is 424 g/mol. The highest BCUT2D eigenvalue weighted by molar-refractivity contribution is 6.07. The number of hydrogen-bond acceptors (Lipinski definition) is 6. The molecule has 3 heterocycles. The van der Waals surface area contributed by atoms with Crippen molar-refractivity contribution < 1.29 is 23.9 Å². The van der Waals surface area contributed by atoms with Gasteiger partial charge in [-0.3, -0.25) is 29.5 Å². The summed E-state index contributed by atoms with van der Waals surface area (Å²) in [5.41, 5.74) is 1.97. The Hall–Kier alpha value is -4.27. The summed E-state index contributed by atoms with van der Waals surface area (Å²) in [6.07, 6.45) is 2.11. The fourth-order valence-corrected chi connectivity index (χ4v) is 4.22. The third kappa shape index (κ3) is 3.78. The van der Waals surface area contributed by atoms with Crippen LogP contribution >= 0.6 is 0 Å². The molecule has 9 heteroatoms. The van der Waals surface area contributed by atoms with E-state index in [0.717, 1.165) is 10.8 Å². The van der Waals surface area contributed by atoms with Gasteiger partial charge in [-0.05, 0) is 53.8 Å². The molecule has 1 fully saturated rings. The predicted molar refractivity (Wildman–Crippen MR) is 119 cm³/mol. The van der Waals surface area contributed by atoms with Gasteiger partial charge in [0, 0.05) is 35.8 Å². The number of nitrogens with one attached hydrogen (secondary N) is 2. The third-order valence-electron chi connectivity index (χ3n) is 5.94. The number of imide groups is 1. The second-order valence-corrected chi connectivity index (χ2v) is 8.01. The average molecular weight is 444 g/mol. The van der Waals surface area contributed by atoms with Crippen LogP contribution in [-0.2, 0) is 16.1 Å². The van der Waals surface area contributed by atoms with Gasteiger partial charge in [0.15, 0.2) is 0 Å². The van der Waals surface area contributed by atoms with Crippen molar-refractivity contribution in [3.8, 4) is 5.75 Å². The van der Waals surface area contributed by atoms with Crippen molar-refractivity contribution >= 4 is 40.1 Å². The fourth-order valence-electron chi connectivity index (χ4n) is 4.22. The Balaban J connectivity index is 1.33. The molecule has 0 saturated carbocycles. The number of amides is 4. The Morgan fingerprint density at radius 3 is 2.76 bits per heavy atom. The number of carbonyl (C=O) groups is 4. The first-order valence-electron chi connectivity index (χ1n) is 10.5. The first-order valence-corrected chi connectivity index (χ1v) is 10.5. The lowest BCUT2D eigenvalue weighted by Crippen LogP contribution is -2.52. The number of nitrogens with zero attached hydrogens (tertiary/aromatic N) is 2. The van der Waals surface area contributed by atoms with Gasteiger partial charge in [-0.15, -0.1) is 0 Å². The van der Waals surface area contributed by atoms with Gasteiger partial charge < -0.3 is 15.0 Å². The summed E-state index contributed by atoms with van der Waals surface area (Å²) < 4.78 is 5.21. The molecule has 9 nitrogen and oxygen atoms in total. The molecule has 166 valence electrons. The first-order chi connectivity index (χ1) is 15.9. The van der Waals surface area contributed by atoms with Gasteiger partial charge in [0.05, 0.1) is 7.11 Å². The minimum atomic E-state index is -0.680. The van der Waals surface area contributed by atoms with E-state index in [1.54, 1.807) is 37.6 Å². The van der Waals surface area contributed by atoms with E-state index < -0.39 is 11.9 Å². The molecule has 4 amide bonds. The van der Waals surface area contributed by atoms with E-state index in [9.17, 15) is 19.2 Å². The molecule has 2 aliphatic heterocycles. The molecule has 0 aliphatic carbocycles. The monoisotopic (exact) mass is 444 g/mol. The van der Waals surface area contributed by atoms with Crippen molar-refractivity contribution in [1.29, 1.82) is 0 Å². The van der Waals surface area contributed by atoms with E-state index in [-0.39, 0.29) is 36.4 Å². The highest BCUT2D eigenvalue weighted by Gasteiger charge is 2.39. The van der Waals surface area contributed by atoms with Crippen molar-refractivity contribution in [2.75, 3.05) is 12.4 Å². The van der Waals surface area contributed by atoms with Crippen LogP contribution in [0.5, 0.6) is 5.75 Å². The Kier molecular flexibility index (Phi) is 5.01. The lowest BCUT2D eigenvalue weighted by atomic mass is 10.0. The summed E-state index contributed by atoms with van der Waals surface area (Å²) in [6.45, 7) is 0.236. The number of benzene rings is 2. The molecule has 0 bridgehead atoms. The van der Waals surface area contributed by atoms with Crippen LogP contribution in [0.15, 0.2) is 48.7 Å². The number of carbonyl (C=O) groups excluding carboxylic acids is 4. The van der Waals surface area contributed by atoms with Crippen LogP contribution in [-0.4, -0.2) is 46.7 Å². The average Bonchev–Trinajstić information content (AvgIpc) is 3.13. The number of hydrogen-bond donors (Lipinski definition) is 2. The largest absolute Gasteiger partial charge is 0.497 e. The van der Waals surface area contributed by atoms with E-state index in [0.29, 0.717) is 29.0 Å². The Bertz CT molecular complexity index is 1340. The zero-order chi connectivity index (χ0) is 23.1. The minimum Gasteiger partial charge on any atom is -0.497 e. The zero-order valence-electron chi connectivity index (χ0n) is 17.8. The Morgan fingerprint density at radius 2 is 1.97 bits per heavy atom. The Labute approximate surface area is 188 Å². The SMILES string of the molecule is COc1ccc2cc(C(=O)Nc3ccc4c(c3)CN(C3CCC(=O)NC3=O)C4=O)ncc2c1. The minimum absolute atomic E-state index is 0.198. The van der Waals surface area contributed by atoms with Crippen molar-refractivity contribution in [1.82, 2.24) is 15.2 Å². The molecule has 1 saturated heterocycles. The van der Waals surface area contributed by atoms with E-state index in [4.69, 9.17) is 4.74 Å². The summed E-state index contributed by atoms with van der Waals surface area (Å²) in [7, 11) is 1.59. The zero-order valence-corrected chi connectivity index (χ0v) is 17.8. The molecule has 0 spiro atoms. The van der Waals surface area contributed by atoms with Crippen molar-refractivity contribution in [2.45, 2.75) is 25.4 Å². The molecule has 0 radical (unpaired) electrons. The van der Waals surface area contributed by atoms with Crippen LogP contribution in [0.4, 0.5) is 5.69 Å². The third-order valence-corrected chi connectivity index (χ3v) is 5.94. The van der Waals surface area contributed by atoms with Crippen molar-refractivity contribution in [3.05, 3.63) is 65.5 Å². The van der Waals surface area contributed by atoms with Crippen LogP contribution < -0.4 is 15.4 Å². The maximum Gasteiger partial charge on any atom is 0.274 e. The van der Waals surface area contributed by atoms with Gasteiger partial charge in [0.25, 0.3) is 11.8 Å². The molecule has 33 heavy (non-hydrogen) atoms. The molecule has 1 aromatic heterocycles. The van der Waals surface area contributed by atoms with Gasteiger partial charge in [-0.2, -0.15) is 0 Å². The van der Waals surface area contributed by atoms with E-state index in [1.807, 2.05) is 18.2 Å². The molecular formula is C24H20N4O5. The van der Waals surface area contributed by atoms with Gasteiger partial charge >= 0.3 is 0 Å². The van der Waals surface area contributed by atoms with Crippen LogP contribution in [0.25, 0.3) is 10.8 Å². The topological polar surface area (TPSA) is 118 Å². The smallest absolute Gasteiger partial charge is 0.274 e. The maximum atomic E-state index is 12.8. The standard InChI is InChI=1S/C24H20N4O5/c1-33-17-4-2-13-10-19(25-11-14(13)9-17)22(30)26-16-3-5-18-15(8-16)12-28(24(18)32)20-6-7-21(29)27-23(20)31/h2-5,8-11,20H,6-7,12H2,1H3,(H,26,30)(H,27,29,31). The molecule has 2 aromatic carbocycles. The quantitative estimate of drug-likeness (QED) is 0.596. The molecule has 1 unspecified atom stereocenters.